The molecule has 1 aliphatic heterocycles. The second kappa shape index (κ2) is 11.7. The van der Waals surface area contributed by atoms with E-state index in [1.807, 2.05) is 53.4 Å². The zero-order valence-electron chi connectivity index (χ0n) is 17.0. The van der Waals surface area contributed by atoms with Crippen molar-refractivity contribution in [2.24, 2.45) is 5.73 Å². The van der Waals surface area contributed by atoms with Gasteiger partial charge in [-0.25, -0.2) is 4.98 Å². The molecule has 9 heteroatoms. The van der Waals surface area contributed by atoms with Crippen LogP contribution < -0.4 is 16.0 Å². The molecule has 2 amide bonds. The standard InChI is InChI=1S/C21H27N5O2.2ClH/c1-21(22,17-7-3-2-4-8-17)20(28)24-12-10-19(27)26-15-13-25(14-16-26)18-9-5-6-11-23-18;;/h2-9,11H,10,12-16,22H2,1H3,(H,24,28);2*1H. The van der Waals surface area contributed by atoms with Crippen LogP contribution in [-0.4, -0.2) is 54.4 Å². The third-order valence-electron chi connectivity index (χ3n) is 5.08. The molecule has 30 heavy (non-hydrogen) atoms. The molecular formula is C21H29Cl2N5O2. The van der Waals surface area contributed by atoms with Crippen LogP contribution >= 0.6 is 24.8 Å². The number of nitrogens with one attached hydrogen (secondary N) is 1. The molecule has 0 bridgehead atoms. The van der Waals surface area contributed by atoms with Crippen molar-refractivity contribution < 1.29 is 9.59 Å². The molecule has 0 aliphatic carbocycles. The highest BCUT2D eigenvalue weighted by atomic mass is 35.5. The first-order valence-electron chi connectivity index (χ1n) is 9.55. The number of hydrogen-bond acceptors (Lipinski definition) is 5. The average molecular weight is 454 g/mol. The molecule has 1 unspecified atom stereocenters. The van der Waals surface area contributed by atoms with Crippen LogP contribution in [0.3, 0.4) is 0 Å². The van der Waals surface area contributed by atoms with Gasteiger partial charge >= 0.3 is 0 Å². The van der Waals surface area contributed by atoms with Gasteiger partial charge in [-0.1, -0.05) is 36.4 Å². The maximum absolute atomic E-state index is 12.5. The molecule has 2 aromatic rings. The molecular weight excluding hydrogens is 425 g/mol. The topological polar surface area (TPSA) is 91.6 Å². The number of benzene rings is 1. The fraction of sp³-hybridized carbons (Fsp3) is 0.381. The van der Waals surface area contributed by atoms with Crippen molar-refractivity contribution in [3.8, 4) is 0 Å². The van der Waals surface area contributed by atoms with Gasteiger partial charge in [-0.15, -0.1) is 24.8 Å². The Morgan fingerprint density at radius 1 is 1.03 bits per heavy atom. The molecule has 1 aromatic carbocycles. The second-order valence-electron chi connectivity index (χ2n) is 7.13. The van der Waals surface area contributed by atoms with Gasteiger partial charge in [0.05, 0.1) is 0 Å². The molecule has 3 N–H and O–H groups in total. The Labute approximate surface area is 189 Å². The van der Waals surface area contributed by atoms with E-state index >= 15 is 0 Å². The van der Waals surface area contributed by atoms with Crippen LogP contribution in [0.2, 0.25) is 0 Å². The van der Waals surface area contributed by atoms with Gasteiger partial charge in [0, 0.05) is 45.3 Å². The van der Waals surface area contributed by atoms with E-state index in [-0.39, 0.29) is 49.6 Å². The van der Waals surface area contributed by atoms with Gasteiger partial charge in [-0.2, -0.15) is 0 Å². The molecule has 0 spiro atoms. The predicted molar refractivity (Wildman–Crippen MR) is 123 cm³/mol. The van der Waals surface area contributed by atoms with Gasteiger partial charge < -0.3 is 20.9 Å². The highest BCUT2D eigenvalue weighted by Crippen LogP contribution is 2.17. The number of amides is 2. The number of nitrogens with zero attached hydrogens (tertiary/aromatic N) is 3. The molecule has 1 fully saturated rings. The molecule has 1 saturated heterocycles. The van der Waals surface area contributed by atoms with Crippen LogP contribution in [0.25, 0.3) is 0 Å². The van der Waals surface area contributed by atoms with Crippen molar-refractivity contribution in [2.75, 3.05) is 37.6 Å². The summed E-state index contributed by atoms with van der Waals surface area (Å²) in [5, 5.41) is 2.79. The lowest BCUT2D eigenvalue weighted by Crippen LogP contribution is -2.51. The van der Waals surface area contributed by atoms with Crippen LogP contribution in [0.4, 0.5) is 5.82 Å². The van der Waals surface area contributed by atoms with Crippen molar-refractivity contribution in [2.45, 2.75) is 18.9 Å². The number of carbonyl (C=O) groups excluding carboxylic acids is 2. The first-order valence-corrected chi connectivity index (χ1v) is 9.55. The van der Waals surface area contributed by atoms with Gasteiger partial charge in [-0.3, -0.25) is 9.59 Å². The van der Waals surface area contributed by atoms with E-state index in [0.717, 1.165) is 24.5 Å². The Kier molecular flexibility index (Phi) is 10.0. The molecule has 164 valence electrons. The Morgan fingerprint density at radius 2 is 1.67 bits per heavy atom. The zero-order valence-corrected chi connectivity index (χ0v) is 18.6. The number of halogens is 2. The van der Waals surface area contributed by atoms with Crippen LogP contribution in [0.15, 0.2) is 54.7 Å². The molecule has 0 radical (unpaired) electrons. The normalized spacial score (nSPS) is 15.3. The minimum atomic E-state index is -1.13. The Balaban J connectivity index is 0.00000225. The average Bonchev–Trinajstić information content (AvgIpc) is 2.75. The Morgan fingerprint density at radius 3 is 2.27 bits per heavy atom. The van der Waals surface area contributed by atoms with Gasteiger partial charge in [0.25, 0.3) is 0 Å². The van der Waals surface area contributed by atoms with E-state index in [0.29, 0.717) is 13.1 Å². The largest absolute Gasteiger partial charge is 0.354 e. The van der Waals surface area contributed by atoms with E-state index in [4.69, 9.17) is 5.73 Å². The molecule has 0 saturated carbocycles. The SMILES string of the molecule is CC(N)(C(=O)NCCC(=O)N1CCN(c2ccccn2)CC1)c1ccccc1.Cl.Cl. The van der Waals surface area contributed by atoms with Crippen LogP contribution in [0.5, 0.6) is 0 Å². The lowest BCUT2D eigenvalue weighted by molar-refractivity contribution is -0.131. The Hall–Kier alpha value is -2.35. The van der Waals surface area contributed by atoms with Crippen molar-refractivity contribution in [1.82, 2.24) is 15.2 Å². The summed E-state index contributed by atoms with van der Waals surface area (Å²) < 4.78 is 0. The molecule has 1 atom stereocenters. The Bertz CT molecular complexity index is 798. The van der Waals surface area contributed by atoms with E-state index < -0.39 is 5.54 Å². The van der Waals surface area contributed by atoms with Gasteiger partial charge in [-0.05, 0) is 24.6 Å². The minimum absolute atomic E-state index is 0. The first-order chi connectivity index (χ1) is 13.5. The summed E-state index contributed by atoms with van der Waals surface area (Å²) in [7, 11) is 0. The number of pyridine rings is 1. The number of piperazine rings is 1. The summed E-state index contributed by atoms with van der Waals surface area (Å²) in [5.74, 6) is 0.691. The zero-order chi connectivity index (χ0) is 20.0. The minimum Gasteiger partial charge on any atom is -0.354 e. The summed E-state index contributed by atoms with van der Waals surface area (Å²) in [6.07, 6.45) is 2.04. The summed E-state index contributed by atoms with van der Waals surface area (Å²) in [5.41, 5.74) is 5.81. The quantitative estimate of drug-likeness (QED) is 0.697. The fourth-order valence-electron chi connectivity index (χ4n) is 3.27. The molecule has 2 heterocycles. The summed E-state index contributed by atoms with van der Waals surface area (Å²) in [6, 6.07) is 15.1. The third kappa shape index (κ3) is 6.32. The third-order valence-corrected chi connectivity index (χ3v) is 5.08. The van der Waals surface area contributed by atoms with E-state index in [2.05, 4.69) is 15.2 Å². The highest BCUT2D eigenvalue weighted by Gasteiger charge is 2.30. The summed E-state index contributed by atoms with van der Waals surface area (Å²) in [4.78, 5) is 33.3. The van der Waals surface area contributed by atoms with Crippen LogP contribution in [0.1, 0.15) is 18.9 Å². The number of carbonyl (C=O) groups is 2. The van der Waals surface area contributed by atoms with Crippen LogP contribution in [0, 0.1) is 0 Å². The van der Waals surface area contributed by atoms with E-state index in [1.165, 1.54) is 0 Å². The van der Waals surface area contributed by atoms with Gasteiger partial charge in [0.15, 0.2) is 0 Å². The first kappa shape index (κ1) is 25.7. The lowest BCUT2D eigenvalue weighted by Gasteiger charge is -2.35. The summed E-state index contributed by atoms with van der Waals surface area (Å²) >= 11 is 0. The van der Waals surface area contributed by atoms with Gasteiger partial charge in [0.1, 0.15) is 11.4 Å². The van der Waals surface area contributed by atoms with Gasteiger partial charge in [0.2, 0.25) is 11.8 Å². The van der Waals surface area contributed by atoms with Crippen molar-refractivity contribution >= 4 is 42.4 Å². The number of anilines is 1. The molecule has 1 aliphatic rings. The summed E-state index contributed by atoms with van der Waals surface area (Å²) in [6.45, 7) is 4.77. The number of aromatic nitrogens is 1. The second-order valence-corrected chi connectivity index (χ2v) is 7.13. The maximum atomic E-state index is 12.5. The van der Waals surface area contributed by atoms with Crippen molar-refractivity contribution in [1.29, 1.82) is 0 Å². The highest BCUT2D eigenvalue weighted by molar-refractivity contribution is 5.87. The predicted octanol–water partition coefficient (Wildman–Crippen LogP) is 1.95. The lowest BCUT2D eigenvalue weighted by atomic mass is 9.92. The molecule has 7 nitrogen and oxygen atoms in total. The van der Waals surface area contributed by atoms with Crippen molar-refractivity contribution in [3.63, 3.8) is 0 Å². The van der Waals surface area contributed by atoms with E-state index in [9.17, 15) is 9.59 Å². The maximum Gasteiger partial charge on any atom is 0.244 e. The molecule has 3 rings (SSSR count). The van der Waals surface area contributed by atoms with E-state index in [1.54, 1.807) is 13.1 Å². The monoisotopic (exact) mass is 453 g/mol. The van der Waals surface area contributed by atoms with Crippen molar-refractivity contribution in [3.05, 3.63) is 60.3 Å². The smallest absolute Gasteiger partial charge is 0.244 e. The van der Waals surface area contributed by atoms with Crippen LogP contribution in [-0.2, 0) is 15.1 Å². The fourth-order valence-corrected chi connectivity index (χ4v) is 3.27. The number of nitrogens with two attached hydrogens (primary N) is 1. The number of rotatable bonds is 6. The number of hydrogen-bond donors (Lipinski definition) is 2. The molecule has 1 aromatic heterocycles.